The summed E-state index contributed by atoms with van der Waals surface area (Å²) in [6, 6.07) is 13.7. The highest BCUT2D eigenvalue weighted by molar-refractivity contribution is 7.14. The van der Waals surface area contributed by atoms with Crippen molar-refractivity contribution in [3.8, 4) is 17.0 Å². The van der Waals surface area contributed by atoms with Crippen LogP contribution in [0.15, 0.2) is 52.9 Å². The first-order chi connectivity index (χ1) is 13.2. The Kier molecular flexibility index (Phi) is 4.84. The first kappa shape index (κ1) is 17.2. The number of hydrogen-bond acceptors (Lipinski definition) is 6. The highest BCUT2D eigenvalue weighted by Crippen LogP contribution is 2.30. The molecule has 0 saturated heterocycles. The Morgan fingerprint density at radius 2 is 2.07 bits per heavy atom. The number of carbonyl (C=O) groups excluding carboxylic acids is 1. The minimum Gasteiger partial charge on any atom is -0.497 e. The van der Waals surface area contributed by atoms with Crippen molar-refractivity contribution in [2.45, 2.75) is 12.8 Å². The van der Waals surface area contributed by atoms with Crippen molar-refractivity contribution >= 4 is 34.3 Å². The molecule has 1 aliphatic rings. The van der Waals surface area contributed by atoms with Crippen LogP contribution in [0.2, 0.25) is 0 Å². The van der Waals surface area contributed by atoms with Gasteiger partial charge in [-0.3, -0.25) is 10.2 Å². The Balaban J connectivity index is 1.44. The summed E-state index contributed by atoms with van der Waals surface area (Å²) in [5, 5.41) is 9.85. The van der Waals surface area contributed by atoms with E-state index in [1.807, 2.05) is 41.8 Å². The van der Waals surface area contributed by atoms with Crippen LogP contribution in [-0.4, -0.2) is 24.2 Å². The molecule has 3 aromatic rings. The molecule has 2 N–H and O–H groups in total. The Morgan fingerprint density at radius 3 is 2.89 bits per heavy atom. The Bertz CT molecular complexity index is 995. The maximum absolute atomic E-state index is 11.5. The standard InChI is InChI=1S/C20H18N4O2S/c1-26-16-6-2-13(3-7-16)11-21-24-20-23-18(12-27-20)15-4-8-17-14(10-15)5-9-19(25)22-17/h2-4,6-8,10-12H,5,9H2,1H3,(H,22,25)(H,23,24)/b21-11-. The molecule has 2 heterocycles. The smallest absolute Gasteiger partial charge is 0.224 e. The van der Waals surface area contributed by atoms with Gasteiger partial charge in [0.25, 0.3) is 0 Å². The molecule has 6 nitrogen and oxygen atoms in total. The van der Waals surface area contributed by atoms with Crippen molar-refractivity contribution in [1.29, 1.82) is 0 Å². The summed E-state index contributed by atoms with van der Waals surface area (Å²) in [5.74, 6) is 0.888. The third kappa shape index (κ3) is 3.98. The maximum Gasteiger partial charge on any atom is 0.224 e. The minimum atomic E-state index is 0.0742. The molecule has 4 rings (SSSR count). The molecule has 0 spiro atoms. The highest BCUT2D eigenvalue weighted by atomic mass is 32.1. The third-order valence-corrected chi connectivity index (χ3v) is 5.04. The van der Waals surface area contributed by atoms with E-state index in [-0.39, 0.29) is 5.91 Å². The van der Waals surface area contributed by atoms with Gasteiger partial charge in [-0.15, -0.1) is 11.3 Å². The quantitative estimate of drug-likeness (QED) is 0.517. The second-order valence-corrected chi connectivity index (χ2v) is 6.96. The summed E-state index contributed by atoms with van der Waals surface area (Å²) in [4.78, 5) is 16.1. The van der Waals surface area contributed by atoms with Crippen LogP contribution in [0.25, 0.3) is 11.3 Å². The van der Waals surface area contributed by atoms with E-state index in [1.165, 1.54) is 11.3 Å². The number of amides is 1. The minimum absolute atomic E-state index is 0.0742. The van der Waals surface area contributed by atoms with E-state index in [0.717, 1.165) is 45.4 Å². The highest BCUT2D eigenvalue weighted by Gasteiger charge is 2.15. The Morgan fingerprint density at radius 1 is 1.22 bits per heavy atom. The van der Waals surface area contributed by atoms with E-state index in [4.69, 9.17) is 4.74 Å². The molecule has 0 atom stereocenters. The van der Waals surface area contributed by atoms with Gasteiger partial charge >= 0.3 is 0 Å². The molecule has 2 aromatic carbocycles. The van der Waals surface area contributed by atoms with Crippen molar-refractivity contribution in [2.24, 2.45) is 5.10 Å². The van der Waals surface area contributed by atoms with Crippen molar-refractivity contribution in [2.75, 3.05) is 17.9 Å². The zero-order valence-corrected chi connectivity index (χ0v) is 15.5. The van der Waals surface area contributed by atoms with Crippen molar-refractivity contribution in [3.05, 3.63) is 59.0 Å². The summed E-state index contributed by atoms with van der Waals surface area (Å²) < 4.78 is 5.14. The average molecular weight is 378 g/mol. The summed E-state index contributed by atoms with van der Waals surface area (Å²) in [7, 11) is 1.64. The molecule has 0 radical (unpaired) electrons. The lowest BCUT2D eigenvalue weighted by Gasteiger charge is -2.17. The molecule has 27 heavy (non-hydrogen) atoms. The van der Waals surface area contributed by atoms with Crippen LogP contribution >= 0.6 is 11.3 Å². The summed E-state index contributed by atoms with van der Waals surface area (Å²) >= 11 is 1.50. The summed E-state index contributed by atoms with van der Waals surface area (Å²) in [6.45, 7) is 0. The van der Waals surface area contributed by atoms with Gasteiger partial charge < -0.3 is 10.1 Å². The van der Waals surface area contributed by atoms with Gasteiger partial charge in [0, 0.05) is 23.1 Å². The van der Waals surface area contributed by atoms with E-state index in [2.05, 4.69) is 26.9 Å². The number of hydrogen-bond donors (Lipinski definition) is 2. The number of carbonyl (C=O) groups is 1. The van der Waals surface area contributed by atoms with Gasteiger partial charge in [-0.1, -0.05) is 6.07 Å². The number of hydrazone groups is 1. The largest absolute Gasteiger partial charge is 0.497 e. The van der Waals surface area contributed by atoms with E-state index in [1.54, 1.807) is 13.3 Å². The first-order valence-electron chi connectivity index (χ1n) is 8.53. The summed E-state index contributed by atoms with van der Waals surface area (Å²) in [6.07, 6.45) is 3.03. The lowest BCUT2D eigenvalue weighted by molar-refractivity contribution is -0.116. The molecule has 0 saturated carbocycles. The molecule has 0 unspecified atom stereocenters. The fraction of sp³-hybridized carbons (Fsp3) is 0.150. The Hall–Kier alpha value is -3.19. The molecule has 1 aliphatic heterocycles. The van der Waals surface area contributed by atoms with Crippen molar-refractivity contribution in [1.82, 2.24) is 4.98 Å². The molecule has 0 aliphatic carbocycles. The lowest BCUT2D eigenvalue weighted by atomic mass is 9.99. The van der Waals surface area contributed by atoms with Gasteiger partial charge in [-0.2, -0.15) is 5.10 Å². The van der Waals surface area contributed by atoms with Gasteiger partial charge in [0.15, 0.2) is 0 Å². The molecule has 136 valence electrons. The number of fused-ring (bicyclic) bond motifs is 1. The van der Waals surface area contributed by atoms with E-state index < -0.39 is 0 Å². The monoisotopic (exact) mass is 378 g/mol. The van der Waals surface area contributed by atoms with E-state index >= 15 is 0 Å². The zero-order chi connectivity index (χ0) is 18.6. The number of benzene rings is 2. The van der Waals surface area contributed by atoms with Gasteiger partial charge in [-0.05, 0) is 53.9 Å². The van der Waals surface area contributed by atoms with Crippen molar-refractivity contribution in [3.63, 3.8) is 0 Å². The lowest BCUT2D eigenvalue weighted by Crippen LogP contribution is -2.18. The van der Waals surface area contributed by atoms with Gasteiger partial charge in [-0.25, -0.2) is 4.98 Å². The van der Waals surface area contributed by atoms with E-state index in [9.17, 15) is 4.79 Å². The van der Waals surface area contributed by atoms with Crippen LogP contribution < -0.4 is 15.5 Å². The maximum atomic E-state index is 11.5. The van der Waals surface area contributed by atoms with Crippen LogP contribution in [0.5, 0.6) is 5.75 Å². The number of ether oxygens (including phenoxy) is 1. The Labute approximate surface area is 160 Å². The third-order valence-electron chi connectivity index (χ3n) is 4.29. The molecule has 1 aromatic heterocycles. The number of methoxy groups -OCH3 is 1. The number of nitrogens with zero attached hydrogens (tertiary/aromatic N) is 2. The SMILES string of the molecule is COc1ccc(/C=N\Nc2nc(-c3ccc4c(c3)CCC(=O)N4)cs2)cc1. The number of aromatic nitrogens is 1. The van der Waals surface area contributed by atoms with Gasteiger partial charge in [0.2, 0.25) is 11.0 Å². The van der Waals surface area contributed by atoms with Crippen molar-refractivity contribution < 1.29 is 9.53 Å². The molecule has 0 bridgehead atoms. The average Bonchev–Trinajstić information content (AvgIpc) is 3.17. The number of rotatable bonds is 5. The number of thiazole rings is 1. The number of nitrogens with one attached hydrogen (secondary N) is 2. The fourth-order valence-corrected chi connectivity index (χ4v) is 3.52. The van der Waals surface area contributed by atoms with Crippen LogP contribution in [-0.2, 0) is 11.2 Å². The molecule has 1 amide bonds. The van der Waals surface area contributed by atoms with Crippen LogP contribution in [0.4, 0.5) is 10.8 Å². The van der Waals surface area contributed by atoms with Gasteiger partial charge in [0.05, 0.1) is 19.0 Å². The van der Waals surface area contributed by atoms with Crippen LogP contribution in [0.1, 0.15) is 17.5 Å². The molecule has 7 heteroatoms. The summed E-state index contributed by atoms with van der Waals surface area (Å²) in [5.41, 5.74) is 7.91. The topological polar surface area (TPSA) is 75.6 Å². The second-order valence-electron chi connectivity index (χ2n) is 6.10. The number of aryl methyl sites for hydroxylation is 1. The van der Waals surface area contributed by atoms with Crippen LogP contribution in [0.3, 0.4) is 0 Å². The zero-order valence-electron chi connectivity index (χ0n) is 14.7. The molecule has 0 fully saturated rings. The predicted octanol–water partition coefficient (Wildman–Crippen LogP) is 4.15. The molecular formula is C20H18N4O2S. The predicted molar refractivity (Wildman–Crippen MR) is 109 cm³/mol. The normalized spacial score (nSPS) is 13.3. The van der Waals surface area contributed by atoms with Gasteiger partial charge in [0.1, 0.15) is 5.75 Å². The van der Waals surface area contributed by atoms with Crippen LogP contribution in [0, 0.1) is 0 Å². The fourth-order valence-electron chi connectivity index (χ4n) is 2.85. The second kappa shape index (κ2) is 7.59. The first-order valence-corrected chi connectivity index (χ1v) is 9.41. The number of anilines is 2. The van der Waals surface area contributed by atoms with E-state index in [0.29, 0.717) is 6.42 Å². The molecular weight excluding hydrogens is 360 g/mol.